The summed E-state index contributed by atoms with van der Waals surface area (Å²) in [7, 11) is 0. The number of allylic oxidation sites excluding steroid dienone is 2. The largest absolute Gasteiger partial charge is 0.492 e. The number of hydrogen-bond acceptors (Lipinski definition) is 3. The number of aromatic nitrogens is 2. The number of ether oxygens (including phenoxy) is 1. The number of H-pyrrole nitrogens is 1. The molecule has 1 aromatic heterocycles. The molecule has 1 N–H and O–H groups in total. The van der Waals surface area contributed by atoms with Crippen molar-refractivity contribution in [1.29, 1.82) is 0 Å². The number of nitrogens with one attached hydrogen (secondary N) is 1. The standard InChI is InChI=1S/C24H23Cl2N3O2/c1-14-27-21-6-2-16(11-22(21)28-14)15-3-7-23-17(10-15)13-29(8-9-31-23)24(30)19-5-4-18(25)12-20(19)26/h4-7,10-12,15-16H,2-3,8-9,13H2,1H3,(H,27,28). The van der Waals surface area contributed by atoms with Crippen LogP contribution in [0.2, 0.25) is 10.0 Å². The van der Waals surface area contributed by atoms with Crippen molar-refractivity contribution in [2.75, 3.05) is 19.7 Å². The van der Waals surface area contributed by atoms with Gasteiger partial charge in [0, 0.05) is 17.1 Å². The van der Waals surface area contributed by atoms with Crippen LogP contribution in [0, 0.1) is 18.8 Å². The van der Waals surface area contributed by atoms with E-state index in [1.807, 2.05) is 6.92 Å². The van der Waals surface area contributed by atoms with Gasteiger partial charge >= 0.3 is 0 Å². The molecule has 5 rings (SSSR count). The van der Waals surface area contributed by atoms with E-state index in [0.717, 1.165) is 40.7 Å². The first-order valence-electron chi connectivity index (χ1n) is 10.5. The molecular weight excluding hydrogens is 433 g/mol. The normalized spacial score (nSPS) is 22.6. The molecule has 3 aliphatic rings. The molecule has 2 atom stereocenters. The van der Waals surface area contributed by atoms with Gasteiger partial charge in [0.15, 0.2) is 0 Å². The number of imidazole rings is 1. The highest BCUT2D eigenvalue weighted by Gasteiger charge is 2.29. The van der Waals surface area contributed by atoms with E-state index in [9.17, 15) is 4.79 Å². The Kier molecular flexibility index (Phi) is 5.40. The molecule has 2 aromatic rings. The summed E-state index contributed by atoms with van der Waals surface area (Å²) in [4.78, 5) is 22.8. The van der Waals surface area contributed by atoms with Gasteiger partial charge in [-0.2, -0.15) is 0 Å². The number of nitrogens with zero attached hydrogens (tertiary/aromatic N) is 2. The number of amides is 1. The average Bonchev–Trinajstić information content (AvgIpc) is 2.98. The zero-order valence-corrected chi connectivity index (χ0v) is 18.7. The maximum absolute atomic E-state index is 13.2. The monoisotopic (exact) mass is 455 g/mol. The van der Waals surface area contributed by atoms with Gasteiger partial charge in [-0.3, -0.25) is 4.79 Å². The molecule has 2 unspecified atom stereocenters. The Bertz CT molecular complexity index is 1230. The fourth-order valence-corrected chi connectivity index (χ4v) is 5.05. The average molecular weight is 456 g/mol. The molecule has 2 aliphatic carbocycles. The van der Waals surface area contributed by atoms with Crippen molar-refractivity contribution in [1.82, 2.24) is 14.9 Å². The zero-order valence-electron chi connectivity index (χ0n) is 17.2. The predicted molar refractivity (Wildman–Crippen MR) is 122 cm³/mol. The Morgan fingerprint density at radius 2 is 2.00 bits per heavy atom. The van der Waals surface area contributed by atoms with Crippen LogP contribution in [0.25, 0.3) is 12.2 Å². The van der Waals surface area contributed by atoms with Crippen LogP contribution in [-0.2, 0) is 4.74 Å². The summed E-state index contributed by atoms with van der Waals surface area (Å²) in [5.74, 6) is 2.46. The summed E-state index contributed by atoms with van der Waals surface area (Å²) >= 11 is 12.3. The number of aryl methyl sites for hydroxylation is 1. The smallest absolute Gasteiger partial charge is 0.255 e. The molecule has 1 aliphatic heterocycles. The second-order valence-electron chi connectivity index (χ2n) is 8.25. The molecule has 1 fully saturated rings. The quantitative estimate of drug-likeness (QED) is 0.752. The molecular formula is C24H23Cl2N3O2. The maximum Gasteiger partial charge on any atom is 0.255 e. The van der Waals surface area contributed by atoms with Crippen molar-refractivity contribution in [2.24, 2.45) is 11.8 Å². The summed E-state index contributed by atoms with van der Waals surface area (Å²) in [6.45, 7) is 3.46. The number of halogens is 2. The highest BCUT2D eigenvalue weighted by atomic mass is 35.5. The molecule has 0 bridgehead atoms. The number of carbonyl (C=O) groups is 1. The van der Waals surface area contributed by atoms with Crippen LogP contribution < -0.4 is 10.7 Å². The summed E-state index contributed by atoms with van der Waals surface area (Å²) in [5.41, 5.74) is 1.52. The highest BCUT2D eigenvalue weighted by molar-refractivity contribution is 6.36. The first-order chi connectivity index (χ1) is 15.0. The fourth-order valence-electron chi connectivity index (χ4n) is 4.56. The molecule has 160 valence electrons. The van der Waals surface area contributed by atoms with Gasteiger partial charge < -0.3 is 14.6 Å². The van der Waals surface area contributed by atoms with Crippen LogP contribution in [0.4, 0.5) is 0 Å². The lowest BCUT2D eigenvalue weighted by Gasteiger charge is -2.27. The number of carbonyl (C=O) groups excluding carboxylic acids is 1. The Morgan fingerprint density at radius 3 is 2.84 bits per heavy atom. The number of benzene rings is 1. The van der Waals surface area contributed by atoms with Gasteiger partial charge in [0.05, 0.1) is 27.8 Å². The molecule has 0 radical (unpaired) electrons. The lowest BCUT2D eigenvalue weighted by Crippen LogP contribution is -2.34. The van der Waals surface area contributed by atoms with Crippen LogP contribution >= 0.6 is 23.2 Å². The van der Waals surface area contributed by atoms with Gasteiger partial charge in [-0.1, -0.05) is 41.4 Å². The summed E-state index contributed by atoms with van der Waals surface area (Å²) < 4.78 is 5.98. The summed E-state index contributed by atoms with van der Waals surface area (Å²) in [6.07, 6.45) is 10.8. The molecule has 31 heavy (non-hydrogen) atoms. The van der Waals surface area contributed by atoms with E-state index < -0.39 is 0 Å². The fraction of sp³-hybridized carbons (Fsp3) is 0.333. The lowest BCUT2D eigenvalue weighted by molar-refractivity contribution is 0.0753. The van der Waals surface area contributed by atoms with Crippen LogP contribution in [0.15, 0.2) is 41.7 Å². The second kappa shape index (κ2) is 8.21. The van der Waals surface area contributed by atoms with E-state index in [1.165, 1.54) is 0 Å². The number of aromatic amines is 1. The van der Waals surface area contributed by atoms with Crippen LogP contribution in [0.1, 0.15) is 29.0 Å². The first-order valence-corrected chi connectivity index (χ1v) is 11.3. The van der Waals surface area contributed by atoms with E-state index in [2.05, 4.69) is 34.3 Å². The molecule has 0 spiro atoms. The minimum atomic E-state index is -0.107. The third kappa shape index (κ3) is 4.04. The predicted octanol–water partition coefficient (Wildman–Crippen LogP) is 3.61. The maximum atomic E-state index is 13.2. The van der Waals surface area contributed by atoms with Gasteiger partial charge in [-0.15, -0.1) is 0 Å². The Labute approximate surface area is 190 Å². The van der Waals surface area contributed by atoms with Crippen molar-refractivity contribution >= 4 is 41.3 Å². The van der Waals surface area contributed by atoms with Crippen molar-refractivity contribution in [3.63, 3.8) is 0 Å². The van der Waals surface area contributed by atoms with Gasteiger partial charge in [0.25, 0.3) is 5.91 Å². The zero-order chi connectivity index (χ0) is 21.5. The molecule has 1 saturated heterocycles. The minimum absolute atomic E-state index is 0.107. The Hall–Kier alpha value is -2.50. The van der Waals surface area contributed by atoms with E-state index in [-0.39, 0.29) is 5.91 Å². The molecule has 2 heterocycles. The van der Waals surface area contributed by atoms with E-state index >= 15 is 0 Å². The first kappa shape index (κ1) is 20.4. The minimum Gasteiger partial charge on any atom is -0.492 e. The SMILES string of the molecule is Cc1nc2c([nH]1)=CC(C1C=C3CN(C(=O)c4ccc(Cl)cc4Cl)CCOC3=CC1)CC=2. The topological polar surface area (TPSA) is 58.2 Å². The molecule has 0 saturated carbocycles. The number of hydrogen-bond donors (Lipinski definition) is 1. The van der Waals surface area contributed by atoms with Crippen molar-refractivity contribution in [3.8, 4) is 0 Å². The molecule has 7 heteroatoms. The molecule has 5 nitrogen and oxygen atoms in total. The van der Waals surface area contributed by atoms with E-state index in [0.29, 0.717) is 47.1 Å². The van der Waals surface area contributed by atoms with Gasteiger partial charge in [-0.05, 0) is 55.9 Å². The Morgan fingerprint density at radius 1 is 1.19 bits per heavy atom. The van der Waals surface area contributed by atoms with E-state index in [4.69, 9.17) is 27.9 Å². The van der Waals surface area contributed by atoms with Gasteiger partial charge in [0.2, 0.25) is 0 Å². The number of fused-ring (bicyclic) bond motifs is 2. The van der Waals surface area contributed by atoms with Crippen molar-refractivity contribution in [3.05, 3.63) is 73.8 Å². The summed E-state index contributed by atoms with van der Waals surface area (Å²) in [5, 5.41) is 3.03. The molecule has 1 amide bonds. The van der Waals surface area contributed by atoms with Crippen molar-refractivity contribution in [2.45, 2.75) is 19.8 Å². The van der Waals surface area contributed by atoms with Crippen LogP contribution in [0.3, 0.4) is 0 Å². The van der Waals surface area contributed by atoms with Gasteiger partial charge in [0.1, 0.15) is 18.2 Å². The second-order valence-corrected chi connectivity index (χ2v) is 9.09. The summed E-state index contributed by atoms with van der Waals surface area (Å²) in [6, 6.07) is 4.98. The third-order valence-electron chi connectivity index (χ3n) is 6.13. The lowest BCUT2D eigenvalue weighted by atomic mass is 9.81. The van der Waals surface area contributed by atoms with Gasteiger partial charge in [-0.25, -0.2) is 4.98 Å². The van der Waals surface area contributed by atoms with Crippen LogP contribution in [0.5, 0.6) is 0 Å². The number of rotatable bonds is 2. The molecule has 1 aromatic carbocycles. The van der Waals surface area contributed by atoms with E-state index in [1.54, 1.807) is 23.1 Å². The van der Waals surface area contributed by atoms with Crippen LogP contribution in [-0.4, -0.2) is 40.5 Å². The third-order valence-corrected chi connectivity index (χ3v) is 6.68. The highest BCUT2D eigenvalue weighted by Crippen LogP contribution is 2.34. The Balaban J connectivity index is 1.39. The van der Waals surface area contributed by atoms with Crippen molar-refractivity contribution < 1.29 is 9.53 Å².